The molecule has 5 heteroatoms. The summed E-state index contributed by atoms with van der Waals surface area (Å²) in [5, 5.41) is 11.1. The van der Waals surface area contributed by atoms with Crippen molar-refractivity contribution in [1.29, 1.82) is 0 Å². The van der Waals surface area contributed by atoms with Crippen molar-refractivity contribution < 1.29 is 0 Å². The Kier molecular flexibility index (Phi) is 7.04. The van der Waals surface area contributed by atoms with Gasteiger partial charge >= 0.3 is 0 Å². The smallest absolute Gasteiger partial charge is 0.191 e. The molecule has 0 fully saturated rings. The molecule has 2 N–H and O–H groups in total. The zero-order chi connectivity index (χ0) is 18.7. The molecule has 140 valence electrons. The molecule has 0 aliphatic carbocycles. The highest BCUT2D eigenvalue weighted by Crippen LogP contribution is 2.11. The predicted molar refractivity (Wildman–Crippen MR) is 111 cm³/mol. The van der Waals surface area contributed by atoms with Crippen molar-refractivity contribution >= 4 is 5.96 Å². The van der Waals surface area contributed by atoms with Crippen molar-refractivity contribution in [2.75, 3.05) is 13.1 Å². The van der Waals surface area contributed by atoms with Crippen LogP contribution in [-0.4, -0.2) is 28.8 Å². The lowest BCUT2D eigenvalue weighted by molar-refractivity contribution is 0.680. The molecule has 0 spiro atoms. The average molecular weight is 361 g/mol. The molecular weight excluding hydrogens is 334 g/mol. The van der Waals surface area contributed by atoms with Gasteiger partial charge in [-0.05, 0) is 36.1 Å². The van der Waals surface area contributed by atoms with Crippen molar-refractivity contribution in [2.24, 2.45) is 4.99 Å². The van der Waals surface area contributed by atoms with E-state index in [1.165, 1.54) is 16.7 Å². The maximum absolute atomic E-state index is 4.77. The van der Waals surface area contributed by atoms with Crippen LogP contribution in [0.4, 0.5) is 0 Å². The monoisotopic (exact) mass is 361 g/mol. The maximum Gasteiger partial charge on any atom is 0.191 e. The number of nitrogens with zero attached hydrogens (tertiary/aromatic N) is 3. The number of benzene rings is 2. The van der Waals surface area contributed by atoms with Gasteiger partial charge in [-0.1, -0.05) is 54.6 Å². The zero-order valence-electron chi connectivity index (χ0n) is 15.8. The Morgan fingerprint density at radius 1 is 0.963 bits per heavy atom. The van der Waals surface area contributed by atoms with Crippen LogP contribution in [0.2, 0.25) is 0 Å². The Morgan fingerprint density at radius 2 is 1.74 bits per heavy atom. The van der Waals surface area contributed by atoms with Gasteiger partial charge in [0.2, 0.25) is 0 Å². The van der Waals surface area contributed by atoms with E-state index in [1.54, 1.807) is 6.20 Å². The molecular formula is C22H27N5. The summed E-state index contributed by atoms with van der Waals surface area (Å²) in [6.07, 6.45) is 4.76. The lowest BCUT2D eigenvalue weighted by Crippen LogP contribution is -2.38. The van der Waals surface area contributed by atoms with Crippen LogP contribution in [0.25, 0.3) is 0 Å². The van der Waals surface area contributed by atoms with Gasteiger partial charge in [-0.15, -0.1) is 0 Å². The summed E-state index contributed by atoms with van der Waals surface area (Å²) in [6, 6.07) is 20.8. The zero-order valence-corrected chi connectivity index (χ0v) is 15.8. The van der Waals surface area contributed by atoms with Crippen LogP contribution >= 0.6 is 0 Å². The Labute approximate surface area is 161 Å². The van der Waals surface area contributed by atoms with E-state index in [0.717, 1.165) is 32.0 Å². The molecule has 3 rings (SSSR count). The normalized spacial score (nSPS) is 11.4. The van der Waals surface area contributed by atoms with Crippen LogP contribution in [0.5, 0.6) is 0 Å². The van der Waals surface area contributed by atoms with Gasteiger partial charge in [-0.25, -0.2) is 4.99 Å². The fourth-order valence-corrected chi connectivity index (χ4v) is 2.91. The van der Waals surface area contributed by atoms with Gasteiger partial charge in [-0.3, -0.25) is 4.68 Å². The van der Waals surface area contributed by atoms with E-state index in [9.17, 15) is 0 Å². The summed E-state index contributed by atoms with van der Waals surface area (Å²) in [5.41, 5.74) is 3.78. The van der Waals surface area contributed by atoms with Crippen molar-refractivity contribution in [3.63, 3.8) is 0 Å². The van der Waals surface area contributed by atoms with Crippen LogP contribution in [0.15, 0.2) is 78.0 Å². The maximum atomic E-state index is 4.77. The van der Waals surface area contributed by atoms with Gasteiger partial charge in [0.15, 0.2) is 5.96 Å². The van der Waals surface area contributed by atoms with Gasteiger partial charge in [0, 0.05) is 25.5 Å². The molecule has 3 aromatic rings. The molecule has 0 aliphatic rings. The van der Waals surface area contributed by atoms with Gasteiger partial charge in [0.05, 0.1) is 13.1 Å². The molecule has 0 amide bonds. The fraction of sp³-hybridized carbons (Fsp3) is 0.273. The number of rotatable bonds is 8. The van der Waals surface area contributed by atoms with Crippen LogP contribution < -0.4 is 10.6 Å². The first-order valence-corrected chi connectivity index (χ1v) is 9.45. The van der Waals surface area contributed by atoms with Gasteiger partial charge in [0.1, 0.15) is 0 Å². The van der Waals surface area contributed by atoms with Crippen molar-refractivity contribution in [2.45, 2.75) is 26.4 Å². The minimum absolute atomic E-state index is 0.637. The fourth-order valence-electron chi connectivity index (χ4n) is 2.91. The van der Waals surface area contributed by atoms with Crippen LogP contribution in [-0.2, 0) is 19.5 Å². The second-order valence-corrected chi connectivity index (χ2v) is 6.33. The standard InChI is InChI=1S/C22H27N5/c1-2-23-22(24-15-13-19-9-4-3-5-10-19)25-17-20-11-6-7-12-21(20)18-27-16-8-14-26-27/h3-12,14,16H,2,13,15,17-18H2,1H3,(H2,23,24,25). The molecule has 0 aliphatic heterocycles. The quantitative estimate of drug-likeness (QED) is 0.478. The SMILES string of the molecule is CCNC(=NCc1ccccc1Cn1cccn1)NCCc1ccccc1. The summed E-state index contributed by atoms with van der Waals surface area (Å²) in [4.78, 5) is 4.77. The minimum Gasteiger partial charge on any atom is -0.357 e. The molecule has 0 radical (unpaired) electrons. The Balaban J connectivity index is 1.61. The topological polar surface area (TPSA) is 54.2 Å². The predicted octanol–water partition coefficient (Wildman–Crippen LogP) is 3.23. The first kappa shape index (κ1) is 18.7. The van der Waals surface area contributed by atoms with Crippen molar-refractivity contribution in [3.05, 3.63) is 89.7 Å². The average Bonchev–Trinajstić information content (AvgIpc) is 3.21. The Bertz CT molecular complexity index is 825. The first-order valence-electron chi connectivity index (χ1n) is 9.45. The lowest BCUT2D eigenvalue weighted by Gasteiger charge is -2.12. The van der Waals surface area contributed by atoms with Crippen LogP contribution in [0.3, 0.4) is 0 Å². The minimum atomic E-state index is 0.637. The molecule has 1 aromatic heterocycles. The van der Waals surface area contributed by atoms with E-state index < -0.39 is 0 Å². The van der Waals surface area contributed by atoms with Crippen molar-refractivity contribution in [1.82, 2.24) is 20.4 Å². The van der Waals surface area contributed by atoms with Crippen LogP contribution in [0.1, 0.15) is 23.6 Å². The van der Waals surface area contributed by atoms with Crippen molar-refractivity contribution in [3.8, 4) is 0 Å². The van der Waals surface area contributed by atoms with Gasteiger partial charge in [0.25, 0.3) is 0 Å². The third-order valence-electron chi connectivity index (χ3n) is 4.31. The Morgan fingerprint density at radius 3 is 2.48 bits per heavy atom. The number of nitrogens with one attached hydrogen (secondary N) is 2. The third kappa shape index (κ3) is 5.99. The summed E-state index contributed by atoms with van der Waals surface area (Å²) in [6.45, 7) is 5.17. The third-order valence-corrected chi connectivity index (χ3v) is 4.31. The lowest BCUT2D eigenvalue weighted by atomic mass is 10.1. The molecule has 0 unspecified atom stereocenters. The van der Waals surface area contributed by atoms with Gasteiger partial charge < -0.3 is 10.6 Å². The second kappa shape index (κ2) is 10.2. The van der Waals surface area contributed by atoms with E-state index in [0.29, 0.717) is 6.54 Å². The summed E-state index contributed by atoms with van der Waals surface area (Å²) in [7, 11) is 0. The molecule has 0 saturated carbocycles. The molecule has 0 atom stereocenters. The van der Waals surface area contributed by atoms with E-state index >= 15 is 0 Å². The van der Waals surface area contributed by atoms with E-state index in [1.807, 2.05) is 23.0 Å². The van der Waals surface area contributed by atoms with E-state index in [4.69, 9.17) is 4.99 Å². The molecule has 1 heterocycles. The number of hydrogen-bond donors (Lipinski definition) is 2. The highest BCUT2D eigenvalue weighted by molar-refractivity contribution is 5.79. The largest absolute Gasteiger partial charge is 0.357 e. The first-order chi connectivity index (χ1) is 13.3. The molecule has 0 saturated heterocycles. The molecule has 2 aromatic carbocycles. The molecule has 27 heavy (non-hydrogen) atoms. The molecule has 5 nitrogen and oxygen atoms in total. The van der Waals surface area contributed by atoms with E-state index in [-0.39, 0.29) is 0 Å². The highest BCUT2D eigenvalue weighted by Gasteiger charge is 2.04. The summed E-state index contributed by atoms with van der Waals surface area (Å²) >= 11 is 0. The highest BCUT2D eigenvalue weighted by atomic mass is 15.3. The number of aromatic nitrogens is 2. The summed E-state index contributed by atoms with van der Waals surface area (Å²) < 4.78 is 1.94. The number of hydrogen-bond acceptors (Lipinski definition) is 2. The van der Waals surface area contributed by atoms with E-state index in [2.05, 4.69) is 71.2 Å². The molecule has 0 bridgehead atoms. The number of guanidine groups is 1. The Hall–Kier alpha value is -3.08. The second-order valence-electron chi connectivity index (χ2n) is 6.33. The number of aliphatic imine (C=N–C) groups is 1. The summed E-state index contributed by atoms with van der Waals surface area (Å²) in [5.74, 6) is 0.849. The van der Waals surface area contributed by atoms with Gasteiger partial charge in [-0.2, -0.15) is 5.10 Å². The van der Waals surface area contributed by atoms with Crippen LogP contribution in [0, 0.1) is 0 Å².